The van der Waals surface area contributed by atoms with E-state index in [0.29, 0.717) is 26.2 Å². The van der Waals surface area contributed by atoms with Crippen LogP contribution in [0.25, 0.3) is 0 Å². The first-order valence-electron chi connectivity index (χ1n) is 6.70. The van der Waals surface area contributed by atoms with Crippen LogP contribution in [0, 0.1) is 0 Å². The third-order valence-electron chi connectivity index (χ3n) is 3.14. The van der Waals surface area contributed by atoms with Gasteiger partial charge in [0.2, 0.25) is 0 Å². The highest BCUT2D eigenvalue weighted by Crippen LogP contribution is 2.26. The molecule has 106 valence electrons. The zero-order valence-electron chi connectivity index (χ0n) is 11.9. The van der Waals surface area contributed by atoms with E-state index in [1.54, 1.807) is 7.05 Å². The minimum Gasteiger partial charge on any atom is -0.464 e. The van der Waals surface area contributed by atoms with E-state index in [0.717, 1.165) is 5.56 Å². The van der Waals surface area contributed by atoms with Crippen molar-refractivity contribution in [3.05, 3.63) is 35.9 Å². The fourth-order valence-corrected chi connectivity index (χ4v) is 2.08. The predicted octanol–water partition coefficient (Wildman–Crippen LogP) is 2.09. The molecule has 4 heteroatoms. The van der Waals surface area contributed by atoms with Crippen molar-refractivity contribution in [1.29, 1.82) is 0 Å². The number of hydrogen-bond donors (Lipinski definition) is 1. The average molecular weight is 265 g/mol. The number of carbonyl (C=O) groups is 1. The molecule has 0 amide bonds. The average Bonchev–Trinajstić information content (AvgIpc) is 2.45. The number of likely N-dealkylation sites (N-methyl/N-ethyl adjacent to an activating group) is 1. The molecule has 19 heavy (non-hydrogen) atoms. The van der Waals surface area contributed by atoms with Gasteiger partial charge in [-0.3, -0.25) is 0 Å². The highest BCUT2D eigenvalue weighted by atomic mass is 16.5. The second-order valence-corrected chi connectivity index (χ2v) is 4.19. The van der Waals surface area contributed by atoms with Crippen molar-refractivity contribution in [3.63, 3.8) is 0 Å². The lowest BCUT2D eigenvalue weighted by Crippen LogP contribution is -2.49. The number of carbonyl (C=O) groups excluding carboxylic acids is 1. The quantitative estimate of drug-likeness (QED) is 0.577. The Hall–Kier alpha value is -1.39. The third kappa shape index (κ3) is 3.78. The molecule has 0 spiro atoms. The number of ether oxygens (including phenoxy) is 2. The van der Waals surface area contributed by atoms with Gasteiger partial charge in [0.25, 0.3) is 0 Å². The Bertz CT molecular complexity index is 380. The van der Waals surface area contributed by atoms with Crippen molar-refractivity contribution >= 4 is 5.97 Å². The van der Waals surface area contributed by atoms with Gasteiger partial charge in [-0.2, -0.15) is 0 Å². The molecule has 0 saturated heterocycles. The minimum atomic E-state index is -0.841. The van der Waals surface area contributed by atoms with Crippen molar-refractivity contribution in [3.8, 4) is 0 Å². The van der Waals surface area contributed by atoms with E-state index in [9.17, 15) is 4.79 Å². The number of nitrogens with one attached hydrogen (secondary N) is 1. The van der Waals surface area contributed by atoms with Gasteiger partial charge in [-0.15, -0.1) is 0 Å². The first kappa shape index (κ1) is 15.7. The van der Waals surface area contributed by atoms with Crippen LogP contribution in [-0.4, -0.2) is 32.8 Å². The van der Waals surface area contributed by atoms with Crippen LogP contribution < -0.4 is 5.32 Å². The molecule has 1 aromatic rings. The van der Waals surface area contributed by atoms with Crippen LogP contribution >= 0.6 is 0 Å². The second-order valence-electron chi connectivity index (χ2n) is 4.19. The predicted molar refractivity (Wildman–Crippen MR) is 74.9 cm³/mol. The summed E-state index contributed by atoms with van der Waals surface area (Å²) in [6.45, 7) is 5.26. The van der Waals surface area contributed by atoms with Gasteiger partial charge < -0.3 is 14.8 Å². The highest BCUT2D eigenvalue weighted by molar-refractivity contribution is 5.82. The summed E-state index contributed by atoms with van der Waals surface area (Å²) < 4.78 is 10.6. The smallest absolute Gasteiger partial charge is 0.331 e. The largest absolute Gasteiger partial charge is 0.464 e. The van der Waals surface area contributed by atoms with Gasteiger partial charge in [-0.05, 0) is 26.5 Å². The van der Waals surface area contributed by atoms with E-state index >= 15 is 0 Å². The maximum atomic E-state index is 12.4. The molecule has 4 nitrogen and oxygen atoms in total. The van der Waals surface area contributed by atoms with Crippen LogP contribution in [0.4, 0.5) is 0 Å². The molecule has 0 bridgehead atoms. The molecule has 0 aromatic heterocycles. The van der Waals surface area contributed by atoms with Crippen LogP contribution in [-0.2, 0) is 19.8 Å². The summed E-state index contributed by atoms with van der Waals surface area (Å²) in [5, 5.41) is 3.12. The van der Waals surface area contributed by atoms with Gasteiger partial charge in [-0.25, -0.2) is 4.79 Å². The standard InChI is InChI=1S/C15H23NO3/c1-4-18-12-11-15(16-3,14(17)19-5-2)13-9-7-6-8-10-13/h6-10,16H,4-5,11-12H2,1-3H3. The maximum Gasteiger partial charge on any atom is 0.331 e. The molecule has 0 aliphatic heterocycles. The molecule has 1 atom stereocenters. The lowest BCUT2D eigenvalue weighted by atomic mass is 9.87. The van der Waals surface area contributed by atoms with Gasteiger partial charge in [-0.1, -0.05) is 30.3 Å². The van der Waals surface area contributed by atoms with Crippen molar-refractivity contribution in [2.75, 3.05) is 26.9 Å². The summed E-state index contributed by atoms with van der Waals surface area (Å²) in [4.78, 5) is 12.4. The van der Waals surface area contributed by atoms with E-state index in [1.165, 1.54) is 0 Å². The zero-order chi connectivity index (χ0) is 14.1. The summed E-state index contributed by atoms with van der Waals surface area (Å²) in [6.07, 6.45) is 0.542. The Labute approximate surface area is 115 Å². The molecular weight excluding hydrogens is 242 g/mol. The van der Waals surface area contributed by atoms with Crippen molar-refractivity contribution in [2.45, 2.75) is 25.8 Å². The van der Waals surface area contributed by atoms with Crippen LogP contribution in [0.5, 0.6) is 0 Å². The molecule has 0 heterocycles. The first-order chi connectivity index (χ1) is 9.21. The highest BCUT2D eigenvalue weighted by Gasteiger charge is 2.39. The van der Waals surface area contributed by atoms with E-state index in [1.807, 2.05) is 44.2 Å². The van der Waals surface area contributed by atoms with Crippen LogP contribution in [0.15, 0.2) is 30.3 Å². The van der Waals surface area contributed by atoms with Gasteiger partial charge in [0.1, 0.15) is 5.54 Å². The molecular formula is C15H23NO3. The summed E-state index contributed by atoms with van der Waals surface area (Å²) in [5.74, 6) is -0.261. The summed E-state index contributed by atoms with van der Waals surface area (Å²) in [5.41, 5.74) is 0.0579. The SMILES string of the molecule is CCOCCC(NC)(C(=O)OCC)c1ccccc1. The Morgan fingerprint density at radius 3 is 2.42 bits per heavy atom. The number of hydrogen-bond acceptors (Lipinski definition) is 4. The van der Waals surface area contributed by atoms with E-state index < -0.39 is 5.54 Å². The van der Waals surface area contributed by atoms with Gasteiger partial charge in [0.05, 0.1) is 6.61 Å². The normalized spacial score (nSPS) is 13.8. The van der Waals surface area contributed by atoms with Crippen molar-refractivity contribution < 1.29 is 14.3 Å². The molecule has 1 unspecified atom stereocenters. The van der Waals surface area contributed by atoms with E-state index in [-0.39, 0.29) is 5.97 Å². The van der Waals surface area contributed by atoms with Gasteiger partial charge in [0, 0.05) is 19.6 Å². The van der Waals surface area contributed by atoms with E-state index in [4.69, 9.17) is 9.47 Å². The maximum absolute atomic E-state index is 12.4. The Balaban J connectivity index is 3.02. The molecule has 0 aliphatic rings. The summed E-state index contributed by atoms with van der Waals surface area (Å²) in [7, 11) is 1.77. The number of benzene rings is 1. The van der Waals surface area contributed by atoms with Crippen LogP contribution in [0.3, 0.4) is 0 Å². The monoisotopic (exact) mass is 265 g/mol. The van der Waals surface area contributed by atoms with Gasteiger partial charge >= 0.3 is 5.97 Å². The fraction of sp³-hybridized carbons (Fsp3) is 0.533. The molecule has 0 fully saturated rings. The van der Waals surface area contributed by atoms with Crippen LogP contribution in [0.2, 0.25) is 0 Å². The zero-order valence-corrected chi connectivity index (χ0v) is 11.9. The third-order valence-corrected chi connectivity index (χ3v) is 3.14. The molecule has 1 aromatic carbocycles. The topological polar surface area (TPSA) is 47.6 Å². The molecule has 0 aliphatic carbocycles. The molecule has 1 N–H and O–H groups in total. The Morgan fingerprint density at radius 1 is 1.21 bits per heavy atom. The lowest BCUT2D eigenvalue weighted by molar-refractivity contribution is -0.152. The summed E-state index contributed by atoms with van der Waals surface area (Å²) >= 11 is 0. The first-order valence-corrected chi connectivity index (χ1v) is 6.70. The van der Waals surface area contributed by atoms with Crippen molar-refractivity contribution in [2.24, 2.45) is 0 Å². The molecule has 0 saturated carbocycles. The lowest BCUT2D eigenvalue weighted by Gasteiger charge is -2.31. The summed E-state index contributed by atoms with van der Waals surface area (Å²) in [6, 6.07) is 9.62. The number of rotatable bonds is 8. The molecule has 1 rings (SSSR count). The van der Waals surface area contributed by atoms with E-state index in [2.05, 4.69) is 5.32 Å². The minimum absolute atomic E-state index is 0.261. The Kier molecular flexibility index (Phi) is 6.53. The molecule has 0 radical (unpaired) electrons. The Morgan fingerprint density at radius 2 is 1.89 bits per heavy atom. The second kappa shape index (κ2) is 7.92. The van der Waals surface area contributed by atoms with Gasteiger partial charge in [0.15, 0.2) is 0 Å². The van der Waals surface area contributed by atoms with Crippen LogP contribution in [0.1, 0.15) is 25.8 Å². The number of esters is 1. The fourth-order valence-electron chi connectivity index (χ4n) is 2.08. The van der Waals surface area contributed by atoms with Crippen molar-refractivity contribution in [1.82, 2.24) is 5.32 Å².